The van der Waals surface area contributed by atoms with Crippen LogP contribution in [0.4, 0.5) is 16.4 Å². The van der Waals surface area contributed by atoms with Gasteiger partial charge >= 0.3 is 6.03 Å². The molecule has 1 atom stereocenters. The molecule has 1 aliphatic heterocycles. The first-order valence-corrected chi connectivity index (χ1v) is 7.21. The molecule has 6 nitrogen and oxygen atoms in total. The minimum absolute atomic E-state index is 0.0945. The lowest BCUT2D eigenvalue weighted by Gasteiger charge is -2.31. The Kier molecular flexibility index (Phi) is 4.76. The number of rotatable bonds is 3. The molecule has 6 heteroatoms. The number of piperidine rings is 1. The first-order valence-electron chi connectivity index (χ1n) is 7.21. The molecular formula is C14H23N5O. The third-order valence-corrected chi connectivity index (χ3v) is 3.29. The Bertz CT molecular complexity index is 445. The Labute approximate surface area is 120 Å². The van der Waals surface area contributed by atoms with Gasteiger partial charge in [0.05, 0.1) is 0 Å². The molecule has 0 bridgehead atoms. The molecule has 1 aliphatic rings. The monoisotopic (exact) mass is 277 g/mol. The summed E-state index contributed by atoms with van der Waals surface area (Å²) < 4.78 is 0. The molecule has 0 saturated carbocycles. The van der Waals surface area contributed by atoms with Crippen molar-refractivity contribution in [3.8, 4) is 0 Å². The summed E-state index contributed by atoms with van der Waals surface area (Å²) in [5, 5.41) is 13.7. The van der Waals surface area contributed by atoms with Crippen LogP contribution in [0.5, 0.6) is 0 Å². The molecule has 2 N–H and O–H groups in total. The van der Waals surface area contributed by atoms with Crippen LogP contribution in [0.2, 0.25) is 0 Å². The van der Waals surface area contributed by atoms with Gasteiger partial charge in [0.1, 0.15) is 0 Å². The van der Waals surface area contributed by atoms with Gasteiger partial charge in [0, 0.05) is 19.1 Å². The van der Waals surface area contributed by atoms with Crippen molar-refractivity contribution < 1.29 is 4.79 Å². The molecule has 2 amide bonds. The van der Waals surface area contributed by atoms with E-state index in [1.807, 2.05) is 19.9 Å². The maximum atomic E-state index is 11.6. The van der Waals surface area contributed by atoms with E-state index < -0.39 is 0 Å². The second-order valence-electron chi connectivity index (χ2n) is 5.72. The van der Waals surface area contributed by atoms with Crippen molar-refractivity contribution >= 4 is 17.7 Å². The number of aromatic nitrogens is 2. The van der Waals surface area contributed by atoms with Gasteiger partial charge in [-0.25, -0.2) is 4.79 Å². The Balaban J connectivity index is 1.94. The summed E-state index contributed by atoms with van der Waals surface area (Å²) in [7, 11) is 0. The van der Waals surface area contributed by atoms with Gasteiger partial charge in [-0.3, -0.25) is 5.32 Å². The van der Waals surface area contributed by atoms with Crippen LogP contribution in [0.15, 0.2) is 12.1 Å². The van der Waals surface area contributed by atoms with Crippen molar-refractivity contribution in [1.29, 1.82) is 0 Å². The van der Waals surface area contributed by atoms with Crippen LogP contribution in [0.25, 0.3) is 0 Å². The highest BCUT2D eigenvalue weighted by atomic mass is 16.2. The molecule has 0 aromatic carbocycles. The number of amides is 2. The smallest absolute Gasteiger partial charge is 0.320 e. The zero-order chi connectivity index (χ0) is 14.5. The van der Waals surface area contributed by atoms with Gasteiger partial charge in [-0.15, -0.1) is 10.2 Å². The van der Waals surface area contributed by atoms with Crippen LogP contribution in [-0.2, 0) is 0 Å². The number of carbonyl (C=O) groups is 1. The second-order valence-corrected chi connectivity index (χ2v) is 5.72. The summed E-state index contributed by atoms with van der Waals surface area (Å²) in [5.41, 5.74) is 0. The maximum absolute atomic E-state index is 11.6. The molecule has 0 aliphatic carbocycles. The van der Waals surface area contributed by atoms with Crippen molar-refractivity contribution in [2.24, 2.45) is 5.92 Å². The fraction of sp³-hybridized carbons (Fsp3) is 0.643. The summed E-state index contributed by atoms with van der Waals surface area (Å²) in [5.74, 6) is 2.04. The van der Waals surface area contributed by atoms with Crippen LogP contribution in [0.1, 0.15) is 33.6 Å². The Hall–Kier alpha value is -1.85. The average molecular weight is 277 g/mol. The lowest BCUT2D eigenvalue weighted by Crippen LogP contribution is -2.35. The minimum atomic E-state index is -0.256. The molecule has 1 fully saturated rings. The first kappa shape index (κ1) is 14.6. The summed E-state index contributed by atoms with van der Waals surface area (Å²) in [6, 6.07) is 3.54. The van der Waals surface area contributed by atoms with Crippen LogP contribution < -0.4 is 15.5 Å². The van der Waals surface area contributed by atoms with E-state index in [4.69, 9.17) is 0 Å². The quantitative estimate of drug-likeness (QED) is 0.889. The molecule has 1 saturated heterocycles. The van der Waals surface area contributed by atoms with Gasteiger partial charge < -0.3 is 10.2 Å². The van der Waals surface area contributed by atoms with Crippen LogP contribution in [-0.4, -0.2) is 35.4 Å². The van der Waals surface area contributed by atoms with Gasteiger partial charge in [-0.2, -0.15) is 0 Å². The van der Waals surface area contributed by atoms with E-state index in [1.54, 1.807) is 6.07 Å². The third kappa shape index (κ3) is 4.08. The summed E-state index contributed by atoms with van der Waals surface area (Å²) in [4.78, 5) is 13.8. The van der Waals surface area contributed by atoms with Crippen molar-refractivity contribution in [1.82, 2.24) is 15.5 Å². The Morgan fingerprint density at radius 3 is 2.80 bits per heavy atom. The first-order chi connectivity index (χ1) is 9.54. The van der Waals surface area contributed by atoms with E-state index in [9.17, 15) is 4.79 Å². The average Bonchev–Trinajstić information content (AvgIpc) is 2.38. The molecule has 2 rings (SSSR count). The molecule has 1 aromatic rings. The number of nitrogens with one attached hydrogen (secondary N) is 2. The van der Waals surface area contributed by atoms with E-state index in [0.29, 0.717) is 11.7 Å². The SMILES string of the molecule is CC1CCCN(c2ccc(NC(=O)NC(C)C)nn2)C1. The predicted octanol–water partition coefficient (Wildman–Crippen LogP) is 2.24. The van der Waals surface area contributed by atoms with Crippen molar-refractivity contribution in [2.75, 3.05) is 23.3 Å². The molecular weight excluding hydrogens is 254 g/mol. The molecule has 1 unspecified atom stereocenters. The van der Waals surface area contributed by atoms with Crippen molar-refractivity contribution in [3.05, 3.63) is 12.1 Å². The van der Waals surface area contributed by atoms with Crippen molar-refractivity contribution in [3.63, 3.8) is 0 Å². The Morgan fingerprint density at radius 1 is 1.40 bits per heavy atom. The largest absolute Gasteiger partial charge is 0.355 e. The van der Waals surface area contributed by atoms with Crippen LogP contribution >= 0.6 is 0 Å². The van der Waals surface area contributed by atoms with Gasteiger partial charge in [-0.1, -0.05) is 6.92 Å². The number of hydrogen-bond donors (Lipinski definition) is 2. The van der Waals surface area contributed by atoms with Crippen LogP contribution in [0, 0.1) is 5.92 Å². The van der Waals surface area contributed by atoms with E-state index >= 15 is 0 Å². The number of carbonyl (C=O) groups excluding carboxylic acids is 1. The second kappa shape index (κ2) is 6.54. The fourth-order valence-electron chi connectivity index (χ4n) is 2.37. The molecule has 110 valence electrons. The molecule has 0 radical (unpaired) electrons. The molecule has 2 heterocycles. The molecule has 20 heavy (non-hydrogen) atoms. The van der Waals surface area contributed by atoms with E-state index in [0.717, 1.165) is 18.9 Å². The highest BCUT2D eigenvalue weighted by Crippen LogP contribution is 2.21. The zero-order valence-corrected chi connectivity index (χ0v) is 12.4. The Morgan fingerprint density at radius 2 is 2.20 bits per heavy atom. The predicted molar refractivity (Wildman–Crippen MR) is 79.9 cm³/mol. The number of urea groups is 1. The van der Waals surface area contributed by atoms with E-state index in [2.05, 4.69) is 32.7 Å². The summed E-state index contributed by atoms with van der Waals surface area (Å²) in [6.45, 7) is 8.12. The number of hydrogen-bond acceptors (Lipinski definition) is 4. The summed E-state index contributed by atoms with van der Waals surface area (Å²) in [6.07, 6.45) is 2.47. The lowest BCUT2D eigenvalue weighted by atomic mass is 10.0. The number of nitrogens with zero attached hydrogens (tertiary/aromatic N) is 3. The summed E-state index contributed by atoms with van der Waals surface area (Å²) >= 11 is 0. The zero-order valence-electron chi connectivity index (χ0n) is 12.4. The van der Waals surface area contributed by atoms with Crippen molar-refractivity contribution in [2.45, 2.75) is 39.7 Å². The van der Waals surface area contributed by atoms with Gasteiger partial charge in [0.25, 0.3) is 0 Å². The lowest BCUT2D eigenvalue weighted by molar-refractivity contribution is 0.250. The van der Waals surface area contributed by atoms with Gasteiger partial charge in [0.15, 0.2) is 11.6 Å². The highest BCUT2D eigenvalue weighted by molar-refractivity contribution is 5.88. The maximum Gasteiger partial charge on any atom is 0.320 e. The fourth-order valence-corrected chi connectivity index (χ4v) is 2.37. The minimum Gasteiger partial charge on any atom is -0.355 e. The third-order valence-electron chi connectivity index (χ3n) is 3.29. The molecule has 1 aromatic heterocycles. The normalized spacial score (nSPS) is 19.0. The molecule has 0 spiro atoms. The standard InChI is InChI=1S/C14H23N5O/c1-10(2)15-14(20)16-12-6-7-13(18-17-12)19-8-4-5-11(3)9-19/h6-7,10-11H,4-5,8-9H2,1-3H3,(H2,15,16,17,20). The van der Waals surface area contributed by atoms with E-state index in [1.165, 1.54) is 12.8 Å². The van der Waals surface area contributed by atoms with Gasteiger partial charge in [-0.05, 0) is 44.7 Å². The van der Waals surface area contributed by atoms with Crippen LogP contribution in [0.3, 0.4) is 0 Å². The van der Waals surface area contributed by atoms with Gasteiger partial charge in [0.2, 0.25) is 0 Å². The van der Waals surface area contributed by atoms with E-state index in [-0.39, 0.29) is 12.1 Å². The number of anilines is 2. The topological polar surface area (TPSA) is 70.2 Å². The highest BCUT2D eigenvalue weighted by Gasteiger charge is 2.17.